The summed E-state index contributed by atoms with van der Waals surface area (Å²) >= 11 is 0. The lowest BCUT2D eigenvalue weighted by molar-refractivity contribution is 0.175. The summed E-state index contributed by atoms with van der Waals surface area (Å²) < 4.78 is 5.67. The van der Waals surface area contributed by atoms with E-state index in [1.54, 1.807) is 12.1 Å². The maximum Gasteiger partial charge on any atom is 0.200 e. The molecule has 90 valence electrons. The lowest BCUT2D eigenvalue weighted by Crippen LogP contribution is -2.15. The Morgan fingerprint density at radius 3 is 2.62 bits per heavy atom. The highest BCUT2D eigenvalue weighted by molar-refractivity contribution is 5.48. The van der Waals surface area contributed by atoms with Gasteiger partial charge >= 0.3 is 0 Å². The fourth-order valence-electron chi connectivity index (χ4n) is 1.56. The molecule has 1 unspecified atom stereocenters. The first-order valence-electron chi connectivity index (χ1n) is 5.86. The molecular formula is C13H20O3. The minimum absolute atomic E-state index is 0.104. The number of hydrogen-bond acceptors (Lipinski definition) is 3. The Morgan fingerprint density at radius 2 is 2.00 bits per heavy atom. The summed E-state index contributed by atoms with van der Waals surface area (Å²) in [6, 6.07) is 4.77. The van der Waals surface area contributed by atoms with Crippen molar-refractivity contribution in [2.75, 3.05) is 0 Å². The van der Waals surface area contributed by atoms with Gasteiger partial charge in [-0.15, -0.1) is 0 Å². The zero-order chi connectivity index (χ0) is 12.0. The number of aromatic hydroxyl groups is 2. The zero-order valence-electron chi connectivity index (χ0n) is 9.94. The summed E-state index contributed by atoms with van der Waals surface area (Å²) in [6.45, 7) is 4.19. The van der Waals surface area contributed by atoms with Crippen molar-refractivity contribution in [1.29, 1.82) is 0 Å². The first kappa shape index (κ1) is 12.7. The average molecular weight is 224 g/mol. The van der Waals surface area contributed by atoms with Gasteiger partial charge in [0.15, 0.2) is 11.5 Å². The number of ether oxygens (including phenoxy) is 1. The summed E-state index contributed by atoms with van der Waals surface area (Å²) in [7, 11) is 0. The van der Waals surface area contributed by atoms with Crippen LogP contribution in [0.2, 0.25) is 0 Å². The number of benzene rings is 1. The third-order valence-corrected chi connectivity index (χ3v) is 2.61. The Kier molecular flexibility index (Phi) is 4.96. The monoisotopic (exact) mass is 224 g/mol. The van der Waals surface area contributed by atoms with Gasteiger partial charge in [0.1, 0.15) is 0 Å². The van der Waals surface area contributed by atoms with Gasteiger partial charge in [0, 0.05) is 0 Å². The molecule has 0 aliphatic carbocycles. The van der Waals surface area contributed by atoms with Gasteiger partial charge in [-0.25, -0.2) is 0 Å². The van der Waals surface area contributed by atoms with Crippen molar-refractivity contribution in [2.24, 2.45) is 0 Å². The Hall–Kier alpha value is -1.38. The molecule has 0 saturated heterocycles. The number of hydrogen-bond donors (Lipinski definition) is 2. The van der Waals surface area contributed by atoms with Crippen LogP contribution in [0, 0.1) is 0 Å². The number of rotatable bonds is 6. The van der Waals surface area contributed by atoms with E-state index >= 15 is 0 Å². The molecule has 16 heavy (non-hydrogen) atoms. The molecule has 1 rings (SSSR count). The molecule has 2 N–H and O–H groups in total. The molecule has 0 aromatic heterocycles. The first-order valence-corrected chi connectivity index (χ1v) is 5.86. The van der Waals surface area contributed by atoms with E-state index < -0.39 is 0 Å². The van der Waals surface area contributed by atoms with E-state index in [9.17, 15) is 10.2 Å². The molecule has 0 heterocycles. The summed E-state index contributed by atoms with van der Waals surface area (Å²) in [5.74, 6) is 0.0586. The van der Waals surface area contributed by atoms with Gasteiger partial charge in [0.25, 0.3) is 0 Å². The number of phenolic OH excluding ortho intramolecular Hbond substituents is 2. The van der Waals surface area contributed by atoms with Crippen LogP contribution in [0.3, 0.4) is 0 Å². The summed E-state index contributed by atoms with van der Waals surface area (Å²) in [5, 5.41) is 18.9. The van der Waals surface area contributed by atoms with E-state index in [1.165, 1.54) is 6.07 Å². The van der Waals surface area contributed by atoms with Gasteiger partial charge in [0.2, 0.25) is 5.75 Å². The van der Waals surface area contributed by atoms with Crippen LogP contribution >= 0.6 is 0 Å². The quantitative estimate of drug-likeness (QED) is 0.728. The zero-order valence-corrected chi connectivity index (χ0v) is 9.94. The van der Waals surface area contributed by atoms with Crippen molar-refractivity contribution >= 4 is 0 Å². The van der Waals surface area contributed by atoms with E-state index in [4.69, 9.17) is 4.74 Å². The summed E-state index contributed by atoms with van der Waals surface area (Å²) in [5.41, 5.74) is 0. The smallest absolute Gasteiger partial charge is 0.200 e. The van der Waals surface area contributed by atoms with Gasteiger partial charge in [-0.05, 0) is 25.0 Å². The van der Waals surface area contributed by atoms with Crippen LogP contribution in [-0.2, 0) is 0 Å². The lowest BCUT2D eigenvalue weighted by atomic mass is 10.1. The van der Waals surface area contributed by atoms with Crippen molar-refractivity contribution in [3.63, 3.8) is 0 Å². The van der Waals surface area contributed by atoms with Crippen molar-refractivity contribution in [2.45, 2.75) is 45.6 Å². The van der Waals surface area contributed by atoms with E-state index in [2.05, 4.69) is 13.8 Å². The number of unbranched alkanes of at least 4 members (excludes halogenated alkanes) is 1. The van der Waals surface area contributed by atoms with Crippen LogP contribution in [0.1, 0.15) is 39.5 Å². The Labute approximate surface area is 96.7 Å². The van der Waals surface area contributed by atoms with Gasteiger partial charge in [-0.1, -0.05) is 32.8 Å². The number of para-hydroxylation sites is 1. The Morgan fingerprint density at radius 1 is 1.25 bits per heavy atom. The topological polar surface area (TPSA) is 49.7 Å². The normalized spacial score (nSPS) is 12.4. The predicted molar refractivity (Wildman–Crippen MR) is 64.0 cm³/mol. The molecule has 3 nitrogen and oxygen atoms in total. The fourth-order valence-corrected chi connectivity index (χ4v) is 1.56. The second kappa shape index (κ2) is 6.26. The van der Waals surface area contributed by atoms with E-state index in [0.29, 0.717) is 5.75 Å². The van der Waals surface area contributed by atoms with Gasteiger partial charge in [-0.2, -0.15) is 0 Å². The fraction of sp³-hybridized carbons (Fsp3) is 0.538. The second-order valence-corrected chi connectivity index (χ2v) is 3.91. The minimum atomic E-state index is -0.169. The summed E-state index contributed by atoms with van der Waals surface area (Å²) in [4.78, 5) is 0. The first-order chi connectivity index (χ1) is 7.69. The van der Waals surface area contributed by atoms with Crippen molar-refractivity contribution < 1.29 is 14.9 Å². The molecule has 1 aromatic carbocycles. The van der Waals surface area contributed by atoms with Crippen LogP contribution in [-0.4, -0.2) is 16.3 Å². The molecule has 0 fully saturated rings. The van der Waals surface area contributed by atoms with Gasteiger partial charge in [0.05, 0.1) is 6.10 Å². The van der Waals surface area contributed by atoms with Crippen LogP contribution in [0.5, 0.6) is 17.2 Å². The van der Waals surface area contributed by atoms with Crippen LogP contribution in [0.4, 0.5) is 0 Å². The Bertz CT molecular complexity index is 323. The molecule has 1 aromatic rings. The standard InChI is InChI=1S/C13H20O3/c1-3-5-7-10(4-2)16-12-9-6-8-11(14)13(12)15/h6,8-10,14-15H,3-5,7H2,1-2H3. The molecule has 0 amide bonds. The van der Waals surface area contributed by atoms with Crippen molar-refractivity contribution in [3.05, 3.63) is 18.2 Å². The third kappa shape index (κ3) is 3.33. The molecule has 0 aliphatic rings. The summed E-state index contributed by atoms with van der Waals surface area (Å²) in [6.07, 6.45) is 4.22. The highest BCUT2D eigenvalue weighted by Crippen LogP contribution is 2.35. The van der Waals surface area contributed by atoms with E-state index in [0.717, 1.165) is 25.7 Å². The number of phenols is 2. The lowest BCUT2D eigenvalue weighted by Gasteiger charge is -2.18. The third-order valence-electron chi connectivity index (χ3n) is 2.61. The second-order valence-electron chi connectivity index (χ2n) is 3.91. The van der Waals surface area contributed by atoms with Crippen molar-refractivity contribution in [1.82, 2.24) is 0 Å². The molecule has 0 aliphatic heterocycles. The molecule has 0 radical (unpaired) electrons. The molecule has 0 bridgehead atoms. The molecular weight excluding hydrogens is 204 g/mol. The average Bonchev–Trinajstić information content (AvgIpc) is 2.30. The predicted octanol–water partition coefficient (Wildman–Crippen LogP) is 3.45. The van der Waals surface area contributed by atoms with E-state index in [-0.39, 0.29) is 17.6 Å². The largest absolute Gasteiger partial charge is 0.504 e. The molecule has 0 spiro atoms. The van der Waals surface area contributed by atoms with Crippen LogP contribution < -0.4 is 4.74 Å². The maximum atomic E-state index is 9.59. The Balaban J connectivity index is 2.66. The molecule has 3 heteroatoms. The highest BCUT2D eigenvalue weighted by Gasteiger charge is 2.12. The van der Waals surface area contributed by atoms with Crippen LogP contribution in [0.15, 0.2) is 18.2 Å². The van der Waals surface area contributed by atoms with E-state index in [1.807, 2.05) is 0 Å². The minimum Gasteiger partial charge on any atom is -0.504 e. The molecule has 0 saturated carbocycles. The maximum absolute atomic E-state index is 9.59. The van der Waals surface area contributed by atoms with Gasteiger partial charge in [-0.3, -0.25) is 0 Å². The van der Waals surface area contributed by atoms with Crippen molar-refractivity contribution in [3.8, 4) is 17.2 Å². The van der Waals surface area contributed by atoms with Crippen LogP contribution in [0.25, 0.3) is 0 Å². The highest BCUT2D eigenvalue weighted by atomic mass is 16.5. The SMILES string of the molecule is CCCCC(CC)Oc1cccc(O)c1O. The molecule has 1 atom stereocenters. The van der Waals surface area contributed by atoms with Gasteiger partial charge < -0.3 is 14.9 Å².